The van der Waals surface area contributed by atoms with Crippen LogP contribution in [0.3, 0.4) is 0 Å². The molecule has 0 saturated heterocycles. The van der Waals surface area contributed by atoms with Gasteiger partial charge in [0.2, 0.25) is 0 Å². The third kappa shape index (κ3) is 6.01. The second kappa shape index (κ2) is 11.0. The molecule has 4 aromatic rings. The number of rotatable bonds is 8. The summed E-state index contributed by atoms with van der Waals surface area (Å²) in [7, 11) is 3.95. The summed E-state index contributed by atoms with van der Waals surface area (Å²) in [6.45, 7) is 3.17. The van der Waals surface area contributed by atoms with Gasteiger partial charge in [-0.1, -0.05) is 18.2 Å². The number of fused-ring (bicyclic) bond motifs is 1. The van der Waals surface area contributed by atoms with Crippen LogP contribution in [0.2, 0.25) is 0 Å². The SMILES string of the molecule is Cc1ccc(F)c(NC(=O)Nc2ccc(-c3c(C(=O)NCCCN(C)C)cn4ncnc(N)c34)cc2)c1. The van der Waals surface area contributed by atoms with Gasteiger partial charge < -0.3 is 26.6 Å². The summed E-state index contributed by atoms with van der Waals surface area (Å²) in [6, 6.07) is 10.8. The Morgan fingerprint density at radius 2 is 1.86 bits per heavy atom. The van der Waals surface area contributed by atoms with Crippen LogP contribution in [0.15, 0.2) is 55.0 Å². The van der Waals surface area contributed by atoms with Crippen LogP contribution < -0.4 is 21.7 Å². The molecule has 192 valence electrons. The Bertz CT molecular complexity index is 1430. The Labute approximate surface area is 213 Å². The van der Waals surface area contributed by atoms with Crippen molar-refractivity contribution in [3.8, 4) is 11.1 Å². The van der Waals surface area contributed by atoms with Gasteiger partial charge in [-0.05, 0) is 69.4 Å². The Balaban J connectivity index is 1.56. The summed E-state index contributed by atoms with van der Waals surface area (Å²) < 4.78 is 15.5. The molecule has 2 aromatic carbocycles. The minimum atomic E-state index is -0.581. The molecule has 37 heavy (non-hydrogen) atoms. The van der Waals surface area contributed by atoms with Crippen molar-refractivity contribution in [1.29, 1.82) is 0 Å². The number of benzene rings is 2. The molecular formula is C26H29FN8O2. The van der Waals surface area contributed by atoms with Gasteiger partial charge in [-0.25, -0.2) is 18.7 Å². The van der Waals surface area contributed by atoms with Gasteiger partial charge in [-0.3, -0.25) is 4.79 Å². The average molecular weight is 505 g/mol. The number of nitrogen functional groups attached to an aromatic ring is 1. The molecule has 4 rings (SSSR count). The van der Waals surface area contributed by atoms with Crippen LogP contribution in [0.1, 0.15) is 22.3 Å². The van der Waals surface area contributed by atoms with Crippen LogP contribution in [-0.4, -0.2) is 58.6 Å². The number of urea groups is 1. The molecule has 2 aromatic heterocycles. The van der Waals surface area contributed by atoms with Crippen LogP contribution in [0.25, 0.3) is 16.6 Å². The van der Waals surface area contributed by atoms with Crippen molar-refractivity contribution in [2.75, 3.05) is 43.6 Å². The normalized spacial score (nSPS) is 11.1. The third-order valence-corrected chi connectivity index (χ3v) is 5.72. The molecule has 10 nitrogen and oxygen atoms in total. The summed E-state index contributed by atoms with van der Waals surface area (Å²) in [6.07, 6.45) is 3.76. The van der Waals surface area contributed by atoms with Crippen molar-refractivity contribution in [2.45, 2.75) is 13.3 Å². The number of nitrogens with zero attached hydrogens (tertiary/aromatic N) is 4. The maximum atomic E-state index is 14.0. The molecule has 3 amide bonds. The maximum Gasteiger partial charge on any atom is 0.323 e. The molecule has 0 aliphatic rings. The minimum Gasteiger partial charge on any atom is -0.382 e. The zero-order valence-corrected chi connectivity index (χ0v) is 20.9. The molecule has 0 radical (unpaired) electrons. The number of halogens is 1. The molecule has 0 aliphatic carbocycles. The third-order valence-electron chi connectivity index (χ3n) is 5.72. The Morgan fingerprint density at radius 1 is 1.11 bits per heavy atom. The van der Waals surface area contributed by atoms with E-state index in [4.69, 9.17) is 5.73 Å². The number of aryl methyl sites for hydroxylation is 1. The van der Waals surface area contributed by atoms with E-state index in [1.54, 1.807) is 42.6 Å². The number of hydrogen-bond donors (Lipinski definition) is 4. The fraction of sp³-hybridized carbons (Fsp3) is 0.231. The largest absolute Gasteiger partial charge is 0.382 e. The second-order valence-electron chi connectivity index (χ2n) is 8.91. The Hall–Kier alpha value is -4.51. The minimum absolute atomic E-state index is 0.0890. The van der Waals surface area contributed by atoms with E-state index < -0.39 is 11.8 Å². The summed E-state index contributed by atoms with van der Waals surface area (Å²) in [5.74, 6) is -0.539. The first-order valence-corrected chi connectivity index (χ1v) is 11.7. The van der Waals surface area contributed by atoms with Gasteiger partial charge in [0, 0.05) is 24.0 Å². The fourth-order valence-electron chi connectivity index (χ4n) is 3.93. The topological polar surface area (TPSA) is 130 Å². The molecular weight excluding hydrogens is 475 g/mol. The predicted molar refractivity (Wildman–Crippen MR) is 142 cm³/mol. The zero-order valence-electron chi connectivity index (χ0n) is 20.9. The number of amides is 3. The Kier molecular flexibility index (Phi) is 7.63. The second-order valence-corrected chi connectivity index (χ2v) is 8.91. The molecule has 0 bridgehead atoms. The molecule has 0 unspecified atom stereocenters. The number of anilines is 3. The van der Waals surface area contributed by atoms with Crippen molar-refractivity contribution in [3.63, 3.8) is 0 Å². The van der Waals surface area contributed by atoms with Crippen LogP contribution in [-0.2, 0) is 0 Å². The average Bonchev–Trinajstić information content (AvgIpc) is 3.25. The highest BCUT2D eigenvalue weighted by Gasteiger charge is 2.21. The standard InChI is InChI=1S/C26H29FN8O2/c1-16-5-10-20(27)21(13-16)33-26(37)32-18-8-6-17(7-9-18)22-19(25(36)29-11-4-12-34(2)3)14-35-23(22)24(28)30-15-31-35/h5-10,13-15H,4,11-12H2,1-3H3,(H,29,36)(H2,28,30,31)(H2,32,33,37). The van der Waals surface area contributed by atoms with Gasteiger partial charge in [0.05, 0.1) is 11.3 Å². The van der Waals surface area contributed by atoms with Crippen molar-refractivity contribution >= 4 is 34.6 Å². The number of nitrogens with two attached hydrogens (primary N) is 1. The molecule has 0 atom stereocenters. The first-order chi connectivity index (χ1) is 17.7. The van der Waals surface area contributed by atoms with E-state index >= 15 is 0 Å². The molecule has 0 saturated carbocycles. The van der Waals surface area contributed by atoms with E-state index in [1.165, 1.54) is 16.9 Å². The van der Waals surface area contributed by atoms with Crippen LogP contribution in [0, 0.1) is 12.7 Å². The summed E-state index contributed by atoms with van der Waals surface area (Å²) in [4.78, 5) is 31.6. The van der Waals surface area contributed by atoms with Crippen LogP contribution in [0.5, 0.6) is 0 Å². The molecule has 11 heteroatoms. The first-order valence-electron chi connectivity index (χ1n) is 11.7. The van der Waals surface area contributed by atoms with Crippen LogP contribution in [0.4, 0.5) is 26.4 Å². The van der Waals surface area contributed by atoms with Gasteiger partial charge in [0.15, 0.2) is 5.82 Å². The highest BCUT2D eigenvalue weighted by atomic mass is 19.1. The van der Waals surface area contributed by atoms with Crippen molar-refractivity contribution in [3.05, 3.63) is 71.9 Å². The lowest BCUT2D eigenvalue weighted by atomic mass is 10.0. The Morgan fingerprint density at radius 3 is 2.59 bits per heavy atom. The monoisotopic (exact) mass is 504 g/mol. The predicted octanol–water partition coefficient (Wildman–Crippen LogP) is 3.75. The number of carbonyl (C=O) groups excluding carboxylic acids is 2. The van der Waals surface area contributed by atoms with Crippen molar-refractivity contribution in [2.24, 2.45) is 0 Å². The highest BCUT2D eigenvalue weighted by molar-refractivity contribution is 6.07. The lowest BCUT2D eigenvalue weighted by molar-refractivity contribution is 0.0953. The number of carbonyl (C=O) groups is 2. The number of hydrogen-bond acceptors (Lipinski definition) is 6. The van der Waals surface area contributed by atoms with Crippen molar-refractivity contribution < 1.29 is 14.0 Å². The number of nitrogens with one attached hydrogen (secondary N) is 3. The lowest BCUT2D eigenvalue weighted by Gasteiger charge is -2.11. The van der Waals surface area contributed by atoms with Crippen LogP contribution >= 0.6 is 0 Å². The van der Waals surface area contributed by atoms with E-state index in [1.807, 2.05) is 25.9 Å². The lowest BCUT2D eigenvalue weighted by Crippen LogP contribution is -2.27. The number of aromatic nitrogens is 3. The van der Waals surface area contributed by atoms with Gasteiger partial charge in [-0.2, -0.15) is 5.10 Å². The van der Waals surface area contributed by atoms with E-state index in [-0.39, 0.29) is 17.4 Å². The van der Waals surface area contributed by atoms with E-state index in [9.17, 15) is 14.0 Å². The molecule has 2 heterocycles. The van der Waals surface area contributed by atoms with E-state index in [0.717, 1.165) is 18.5 Å². The summed E-state index contributed by atoms with van der Waals surface area (Å²) in [5, 5.41) is 12.3. The first kappa shape index (κ1) is 25.6. The highest BCUT2D eigenvalue weighted by Crippen LogP contribution is 2.33. The van der Waals surface area contributed by atoms with Gasteiger partial charge >= 0.3 is 6.03 Å². The smallest absolute Gasteiger partial charge is 0.323 e. The van der Waals surface area contributed by atoms with Gasteiger partial charge in [0.25, 0.3) is 5.91 Å². The quantitative estimate of drug-likeness (QED) is 0.271. The molecule has 0 fully saturated rings. The molecule has 0 aliphatic heterocycles. The molecule has 5 N–H and O–H groups in total. The fourth-order valence-corrected chi connectivity index (χ4v) is 3.93. The summed E-state index contributed by atoms with van der Waals surface area (Å²) >= 11 is 0. The summed E-state index contributed by atoms with van der Waals surface area (Å²) in [5.41, 5.74) is 9.74. The van der Waals surface area contributed by atoms with Crippen molar-refractivity contribution in [1.82, 2.24) is 24.8 Å². The van der Waals surface area contributed by atoms with E-state index in [2.05, 4.69) is 26.0 Å². The molecule has 0 spiro atoms. The van der Waals surface area contributed by atoms with E-state index in [0.29, 0.717) is 34.4 Å². The van der Waals surface area contributed by atoms with Gasteiger partial charge in [-0.15, -0.1) is 0 Å². The zero-order chi connectivity index (χ0) is 26.5. The maximum absolute atomic E-state index is 14.0. The van der Waals surface area contributed by atoms with Gasteiger partial charge in [0.1, 0.15) is 17.7 Å².